The first-order chi connectivity index (χ1) is 3.70. The van der Waals surface area contributed by atoms with E-state index in [0.29, 0.717) is 5.95 Å². The molecule has 0 radical (unpaired) electrons. The lowest BCUT2D eigenvalue weighted by molar-refractivity contribution is 1.02. The van der Waals surface area contributed by atoms with Crippen LogP contribution < -0.4 is 11.6 Å². The molecule has 0 aliphatic rings. The van der Waals surface area contributed by atoms with Gasteiger partial charge in [0.2, 0.25) is 5.95 Å². The average molecular weight is 112 g/mol. The van der Waals surface area contributed by atoms with E-state index in [4.69, 9.17) is 11.6 Å². The molecule has 1 aromatic rings. The van der Waals surface area contributed by atoms with Crippen LogP contribution in [0.1, 0.15) is 5.69 Å². The number of hydrogen-bond acceptors (Lipinski definition) is 3. The van der Waals surface area contributed by atoms with Crippen LogP contribution in [-0.2, 0) is 0 Å². The standard InChI is InChI=1S/C4H8N4/c1-3-2-8(6)4(5)7-3/h2H,6H2,1H3,(H2,5,7). The fraction of sp³-hybridized carbons (Fsp3) is 0.250. The van der Waals surface area contributed by atoms with E-state index in [9.17, 15) is 0 Å². The van der Waals surface area contributed by atoms with Crippen molar-refractivity contribution < 1.29 is 0 Å². The average Bonchev–Trinajstić information content (AvgIpc) is 1.85. The Morgan fingerprint density at radius 3 is 2.50 bits per heavy atom. The maximum Gasteiger partial charge on any atom is 0.219 e. The van der Waals surface area contributed by atoms with Crippen LogP contribution in [-0.4, -0.2) is 9.66 Å². The Morgan fingerprint density at radius 2 is 2.38 bits per heavy atom. The number of nitrogens with two attached hydrogens (primary N) is 2. The van der Waals surface area contributed by atoms with Gasteiger partial charge in [0.05, 0.1) is 11.9 Å². The van der Waals surface area contributed by atoms with Crippen LogP contribution in [0.3, 0.4) is 0 Å². The molecular weight excluding hydrogens is 104 g/mol. The molecule has 1 rings (SSSR count). The fourth-order valence-electron chi connectivity index (χ4n) is 0.535. The molecule has 44 valence electrons. The molecule has 1 aromatic heterocycles. The van der Waals surface area contributed by atoms with E-state index in [2.05, 4.69) is 4.98 Å². The number of aromatic nitrogens is 2. The van der Waals surface area contributed by atoms with Crippen LogP contribution in [0.25, 0.3) is 0 Å². The third-order valence-electron chi connectivity index (χ3n) is 0.881. The van der Waals surface area contributed by atoms with Crippen molar-refractivity contribution in [1.29, 1.82) is 0 Å². The first-order valence-electron chi connectivity index (χ1n) is 2.26. The summed E-state index contributed by atoms with van der Waals surface area (Å²) in [7, 11) is 0. The minimum absolute atomic E-state index is 0.350. The highest BCUT2D eigenvalue weighted by Gasteiger charge is 1.93. The Morgan fingerprint density at radius 1 is 1.75 bits per heavy atom. The smallest absolute Gasteiger partial charge is 0.219 e. The maximum atomic E-state index is 5.27. The highest BCUT2D eigenvalue weighted by Crippen LogP contribution is 1.96. The summed E-state index contributed by atoms with van der Waals surface area (Å²) in [4.78, 5) is 3.83. The van der Waals surface area contributed by atoms with Crippen LogP contribution >= 0.6 is 0 Å². The third kappa shape index (κ3) is 0.598. The Bertz CT molecular complexity index is 170. The Hall–Kier alpha value is -1.19. The largest absolute Gasteiger partial charge is 0.368 e. The molecule has 0 saturated carbocycles. The number of nitrogens with zero attached hydrogens (tertiary/aromatic N) is 2. The van der Waals surface area contributed by atoms with E-state index in [1.54, 1.807) is 6.20 Å². The van der Waals surface area contributed by atoms with Gasteiger partial charge in [0.25, 0.3) is 0 Å². The molecule has 0 aliphatic carbocycles. The SMILES string of the molecule is Cc1cn(N)c(N)n1. The van der Waals surface area contributed by atoms with Crippen molar-refractivity contribution in [3.05, 3.63) is 11.9 Å². The summed E-state index contributed by atoms with van der Waals surface area (Å²) in [5.74, 6) is 5.62. The third-order valence-corrected chi connectivity index (χ3v) is 0.881. The second kappa shape index (κ2) is 1.40. The van der Waals surface area contributed by atoms with Crippen molar-refractivity contribution in [1.82, 2.24) is 9.66 Å². The van der Waals surface area contributed by atoms with Crippen molar-refractivity contribution in [3.8, 4) is 0 Å². The molecule has 0 saturated heterocycles. The first-order valence-corrected chi connectivity index (χ1v) is 2.26. The molecule has 1 heterocycles. The maximum absolute atomic E-state index is 5.27. The summed E-state index contributed by atoms with van der Waals surface area (Å²) in [6.45, 7) is 1.83. The normalized spacial score (nSPS) is 9.62. The molecule has 4 nitrogen and oxygen atoms in total. The molecule has 0 spiro atoms. The van der Waals surface area contributed by atoms with Crippen molar-refractivity contribution in [2.45, 2.75) is 6.92 Å². The minimum Gasteiger partial charge on any atom is -0.368 e. The topological polar surface area (TPSA) is 69.9 Å². The minimum atomic E-state index is 0.350. The molecule has 0 atom stereocenters. The highest BCUT2D eigenvalue weighted by atomic mass is 15.3. The van der Waals surface area contributed by atoms with Crippen molar-refractivity contribution >= 4 is 5.95 Å². The highest BCUT2D eigenvalue weighted by molar-refractivity contribution is 5.20. The van der Waals surface area contributed by atoms with E-state index in [-0.39, 0.29) is 0 Å². The molecule has 0 aliphatic heterocycles. The van der Waals surface area contributed by atoms with Crippen LogP contribution in [0.2, 0.25) is 0 Å². The lowest BCUT2D eigenvalue weighted by Gasteiger charge is -1.88. The van der Waals surface area contributed by atoms with Crippen LogP contribution in [0.5, 0.6) is 0 Å². The van der Waals surface area contributed by atoms with Crippen molar-refractivity contribution in [2.24, 2.45) is 0 Å². The van der Waals surface area contributed by atoms with Crippen LogP contribution in [0.15, 0.2) is 6.20 Å². The zero-order chi connectivity index (χ0) is 6.15. The monoisotopic (exact) mass is 112 g/mol. The Labute approximate surface area is 47.1 Å². The van der Waals surface area contributed by atoms with Gasteiger partial charge in [-0.05, 0) is 6.92 Å². The van der Waals surface area contributed by atoms with Crippen LogP contribution in [0, 0.1) is 6.92 Å². The number of anilines is 1. The van der Waals surface area contributed by atoms with Gasteiger partial charge < -0.3 is 11.6 Å². The molecule has 0 fully saturated rings. The lowest BCUT2D eigenvalue weighted by atomic mass is 10.6. The predicted molar refractivity (Wildman–Crippen MR) is 31.5 cm³/mol. The number of rotatable bonds is 0. The second-order valence-electron chi connectivity index (χ2n) is 1.65. The summed E-state index contributed by atoms with van der Waals surface area (Å²) in [5.41, 5.74) is 6.11. The van der Waals surface area contributed by atoms with Gasteiger partial charge in [-0.15, -0.1) is 0 Å². The Kier molecular flexibility index (Phi) is 0.865. The summed E-state index contributed by atoms with van der Waals surface area (Å²) < 4.78 is 1.29. The molecule has 0 bridgehead atoms. The molecule has 8 heavy (non-hydrogen) atoms. The van der Waals surface area contributed by atoms with Crippen molar-refractivity contribution in [3.63, 3.8) is 0 Å². The quantitative estimate of drug-likeness (QED) is 0.444. The van der Waals surface area contributed by atoms with Gasteiger partial charge in [0.15, 0.2) is 0 Å². The zero-order valence-electron chi connectivity index (χ0n) is 4.63. The summed E-state index contributed by atoms with van der Waals surface area (Å²) >= 11 is 0. The van der Waals surface area contributed by atoms with E-state index >= 15 is 0 Å². The van der Waals surface area contributed by atoms with Gasteiger partial charge in [-0.25, -0.2) is 9.66 Å². The molecular formula is C4H8N4. The van der Waals surface area contributed by atoms with Gasteiger partial charge in [-0.1, -0.05) is 0 Å². The van der Waals surface area contributed by atoms with Crippen LogP contribution in [0.4, 0.5) is 5.95 Å². The van der Waals surface area contributed by atoms with Gasteiger partial charge in [-0.3, -0.25) is 0 Å². The predicted octanol–water partition coefficient (Wildman–Crippen LogP) is -0.512. The number of imidazole rings is 1. The molecule has 0 aromatic carbocycles. The van der Waals surface area contributed by atoms with E-state index < -0.39 is 0 Å². The van der Waals surface area contributed by atoms with E-state index in [1.807, 2.05) is 6.92 Å². The molecule has 0 unspecified atom stereocenters. The Balaban J connectivity index is 3.14. The molecule has 4 heteroatoms. The molecule has 4 N–H and O–H groups in total. The number of hydrogen-bond donors (Lipinski definition) is 2. The fourth-order valence-corrected chi connectivity index (χ4v) is 0.535. The number of nitrogen functional groups attached to an aromatic ring is 2. The van der Waals surface area contributed by atoms with Gasteiger partial charge >= 0.3 is 0 Å². The lowest BCUT2D eigenvalue weighted by Crippen LogP contribution is -2.09. The summed E-state index contributed by atoms with van der Waals surface area (Å²) in [6.07, 6.45) is 1.66. The van der Waals surface area contributed by atoms with Gasteiger partial charge in [0.1, 0.15) is 0 Å². The molecule has 0 amide bonds. The van der Waals surface area contributed by atoms with Crippen molar-refractivity contribution in [2.75, 3.05) is 11.6 Å². The first kappa shape index (κ1) is 4.96. The van der Waals surface area contributed by atoms with Gasteiger partial charge in [-0.2, -0.15) is 0 Å². The van der Waals surface area contributed by atoms with E-state index in [1.165, 1.54) is 4.68 Å². The number of aryl methyl sites for hydroxylation is 1. The summed E-state index contributed by atoms with van der Waals surface area (Å²) in [5, 5.41) is 0. The zero-order valence-corrected chi connectivity index (χ0v) is 4.63. The van der Waals surface area contributed by atoms with E-state index in [0.717, 1.165) is 5.69 Å². The summed E-state index contributed by atoms with van der Waals surface area (Å²) in [6, 6.07) is 0. The second-order valence-corrected chi connectivity index (χ2v) is 1.65. The van der Waals surface area contributed by atoms with Gasteiger partial charge in [0, 0.05) is 0 Å².